The number of ether oxygens (including phenoxy) is 1. The van der Waals surface area contributed by atoms with Crippen LogP contribution < -0.4 is 5.32 Å². The Kier molecular flexibility index (Phi) is 5.32. The molecule has 1 amide bonds. The first-order valence-corrected chi connectivity index (χ1v) is 10.4. The predicted molar refractivity (Wildman–Crippen MR) is 102 cm³/mol. The van der Waals surface area contributed by atoms with Gasteiger partial charge in [0.2, 0.25) is 0 Å². The van der Waals surface area contributed by atoms with Crippen molar-refractivity contribution in [1.29, 1.82) is 0 Å². The van der Waals surface area contributed by atoms with E-state index in [1.165, 1.54) is 0 Å². The second-order valence-electron chi connectivity index (χ2n) is 6.97. The maximum absolute atomic E-state index is 12.1. The number of hydrogen-bond donors (Lipinski definition) is 1. The number of carbonyl (C=O) groups is 2. The number of carbonyl (C=O) groups excluding carboxylic acids is 2. The van der Waals surface area contributed by atoms with E-state index in [-0.39, 0.29) is 11.5 Å². The van der Waals surface area contributed by atoms with Gasteiger partial charge >= 0.3 is 5.97 Å². The molecule has 3 rings (SSSR count). The molecule has 7 heteroatoms. The van der Waals surface area contributed by atoms with Gasteiger partial charge in [-0.1, -0.05) is 42.5 Å². The molecule has 1 fully saturated rings. The van der Waals surface area contributed by atoms with Crippen LogP contribution in [0.15, 0.2) is 54.6 Å². The maximum Gasteiger partial charge on any atom is 0.338 e. The van der Waals surface area contributed by atoms with E-state index in [1.807, 2.05) is 42.5 Å². The van der Waals surface area contributed by atoms with Crippen molar-refractivity contribution >= 4 is 21.7 Å². The summed E-state index contributed by atoms with van der Waals surface area (Å²) in [7, 11) is -3.12. The molecule has 0 aliphatic carbocycles. The topological polar surface area (TPSA) is 89.5 Å². The Morgan fingerprint density at radius 1 is 1.04 bits per heavy atom. The molecule has 27 heavy (non-hydrogen) atoms. The lowest BCUT2D eigenvalue weighted by atomic mass is 10.0. The van der Waals surface area contributed by atoms with Gasteiger partial charge in [-0.2, -0.15) is 0 Å². The van der Waals surface area contributed by atoms with Crippen LogP contribution in [-0.2, 0) is 19.4 Å². The maximum atomic E-state index is 12.1. The molecule has 1 unspecified atom stereocenters. The fourth-order valence-electron chi connectivity index (χ4n) is 3.13. The van der Waals surface area contributed by atoms with Gasteiger partial charge in [-0.25, -0.2) is 13.2 Å². The number of sulfone groups is 1. The highest BCUT2D eigenvalue weighted by Gasteiger charge is 2.39. The van der Waals surface area contributed by atoms with E-state index in [9.17, 15) is 18.0 Å². The summed E-state index contributed by atoms with van der Waals surface area (Å²) in [5.74, 6) is -1.16. The number of rotatable bonds is 5. The molecule has 0 bridgehead atoms. The molecule has 1 aliphatic rings. The van der Waals surface area contributed by atoms with Gasteiger partial charge < -0.3 is 10.1 Å². The minimum atomic E-state index is -3.12. The third-order valence-electron chi connectivity index (χ3n) is 4.51. The molecule has 1 atom stereocenters. The quantitative estimate of drug-likeness (QED) is 0.795. The summed E-state index contributed by atoms with van der Waals surface area (Å²) in [4.78, 5) is 24.1. The fraction of sp³-hybridized carbons (Fsp3) is 0.300. The summed E-state index contributed by atoms with van der Waals surface area (Å²) < 4.78 is 28.2. The van der Waals surface area contributed by atoms with Gasteiger partial charge in [0.25, 0.3) is 5.91 Å². The van der Waals surface area contributed by atoms with E-state index in [0.717, 1.165) is 11.1 Å². The zero-order chi connectivity index (χ0) is 19.5. The minimum absolute atomic E-state index is 0.0529. The molecule has 1 N–H and O–H groups in total. The highest BCUT2D eigenvalue weighted by Crippen LogP contribution is 2.23. The molecule has 0 spiro atoms. The first kappa shape index (κ1) is 19.1. The number of hydrogen-bond acceptors (Lipinski definition) is 5. The van der Waals surface area contributed by atoms with Crippen molar-refractivity contribution < 1.29 is 22.7 Å². The largest absolute Gasteiger partial charge is 0.452 e. The lowest BCUT2D eigenvalue weighted by Gasteiger charge is -2.23. The number of nitrogens with one attached hydrogen (secondary N) is 1. The van der Waals surface area contributed by atoms with Crippen LogP contribution in [-0.4, -0.2) is 43.9 Å². The van der Waals surface area contributed by atoms with Crippen molar-refractivity contribution in [1.82, 2.24) is 5.32 Å². The van der Waals surface area contributed by atoms with Gasteiger partial charge in [-0.15, -0.1) is 0 Å². The normalized spacial score (nSPS) is 20.8. The van der Waals surface area contributed by atoms with Crippen LogP contribution in [0.1, 0.15) is 23.7 Å². The van der Waals surface area contributed by atoms with Gasteiger partial charge in [0.15, 0.2) is 16.4 Å². The van der Waals surface area contributed by atoms with E-state index in [1.54, 1.807) is 19.1 Å². The van der Waals surface area contributed by atoms with Crippen molar-refractivity contribution in [2.24, 2.45) is 0 Å². The Bertz CT molecular complexity index is 938. The molecule has 0 aromatic heterocycles. The van der Waals surface area contributed by atoms with Crippen LogP contribution in [0.5, 0.6) is 0 Å². The van der Waals surface area contributed by atoms with Gasteiger partial charge in [0, 0.05) is 0 Å². The third kappa shape index (κ3) is 4.95. The molecule has 2 aromatic rings. The number of esters is 1. The first-order chi connectivity index (χ1) is 12.8. The van der Waals surface area contributed by atoms with Crippen molar-refractivity contribution in [2.45, 2.75) is 18.9 Å². The summed E-state index contributed by atoms with van der Waals surface area (Å²) in [5, 5.41) is 2.65. The molecule has 2 aromatic carbocycles. The Morgan fingerprint density at radius 2 is 1.67 bits per heavy atom. The van der Waals surface area contributed by atoms with E-state index in [2.05, 4.69) is 5.32 Å². The average Bonchev–Trinajstić information content (AvgIpc) is 2.93. The monoisotopic (exact) mass is 387 g/mol. The summed E-state index contributed by atoms with van der Waals surface area (Å²) in [6, 6.07) is 16.7. The lowest BCUT2D eigenvalue weighted by molar-refractivity contribution is -0.125. The standard InChI is InChI=1S/C20H21NO5S/c1-20(11-12-27(24,25)14-20)21-18(22)13-26-19(23)17-9-7-16(8-10-17)15-5-3-2-4-6-15/h2-10H,11-14H2,1H3,(H,21,22). The molecular formula is C20H21NO5S. The van der Waals surface area contributed by atoms with E-state index in [4.69, 9.17) is 4.74 Å². The van der Waals surface area contributed by atoms with Gasteiger partial charge in [0.05, 0.1) is 22.6 Å². The fourth-order valence-corrected chi connectivity index (χ4v) is 5.22. The van der Waals surface area contributed by atoms with Crippen molar-refractivity contribution in [2.75, 3.05) is 18.1 Å². The first-order valence-electron chi connectivity index (χ1n) is 8.60. The minimum Gasteiger partial charge on any atom is -0.452 e. The number of benzene rings is 2. The molecule has 1 aliphatic heterocycles. The second-order valence-corrected chi connectivity index (χ2v) is 9.15. The van der Waals surface area contributed by atoms with Crippen molar-refractivity contribution in [3.8, 4) is 11.1 Å². The molecule has 142 valence electrons. The van der Waals surface area contributed by atoms with Crippen LogP contribution in [0.2, 0.25) is 0 Å². The van der Waals surface area contributed by atoms with Gasteiger partial charge in [0.1, 0.15) is 0 Å². The Morgan fingerprint density at radius 3 is 2.26 bits per heavy atom. The van der Waals surface area contributed by atoms with Crippen LogP contribution in [0.4, 0.5) is 0 Å². The SMILES string of the molecule is CC1(NC(=O)COC(=O)c2ccc(-c3ccccc3)cc2)CCS(=O)(=O)C1. The lowest BCUT2D eigenvalue weighted by Crippen LogP contribution is -2.48. The smallest absolute Gasteiger partial charge is 0.338 e. The average molecular weight is 387 g/mol. The summed E-state index contributed by atoms with van der Waals surface area (Å²) in [6.45, 7) is 1.23. The molecule has 1 saturated heterocycles. The highest BCUT2D eigenvalue weighted by molar-refractivity contribution is 7.91. The predicted octanol–water partition coefficient (Wildman–Crippen LogP) is 2.20. The van der Waals surface area contributed by atoms with Crippen LogP contribution in [0, 0.1) is 0 Å². The van der Waals surface area contributed by atoms with Crippen LogP contribution in [0.25, 0.3) is 11.1 Å². The summed E-state index contributed by atoms with van der Waals surface area (Å²) >= 11 is 0. The van der Waals surface area contributed by atoms with Crippen LogP contribution >= 0.6 is 0 Å². The zero-order valence-corrected chi connectivity index (χ0v) is 15.8. The van der Waals surface area contributed by atoms with E-state index in [0.29, 0.717) is 12.0 Å². The van der Waals surface area contributed by atoms with Gasteiger partial charge in [-0.05, 0) is 36.6 Å². The number of amides is 1. The second kappa shape index (κ2) is 7.52. The molecule has 0 radical (unpaired) electrons. The molecule has 6 nitrogen and oxygen atoms in total. The highest BCUT2D eigenvalue weighted by atomic mass is 32.2. The van der Waals surface area contributed by atoms with Gasteiger partial charge in [-0.3, -0.25) is 4.79 Å². The van der Waals surface area contributed by atoms with Crippen molar-refractivity contribution in [3.05, 3.63) is 60.2 Å². The molecule has 0 saturated carbocycles. The zero-order valence-electron chi connectivity index (χ0n) is 15.0. The summed E-state index contributed by atoms with van der Waals surface area (Å²) in [5.41, 5.74) is 1.55. The van der Waals surface area contributed by atoms with E-state index < -0.39 is 33.9 Å². The third-order valence-corrected chi connectivity index (χ3v) is 6.41. The molecule has 1 heterocycles. The molecular weight excluding hydrogens is 366 g/mol. The van der Waals surface area contributed by atoms with Crippen molar-refractivity contribution in [3.63, 3.8) is 0 Å². The summed E-state index contributed by atoms with van der Waals surface area (Å²) in [6.07, 6.45) is 0.357. The Hall–Kier alpha value is -2.67. The Balaban J connectivity index is 1.54. The van der Waals surface area contributed by atoms with Crippen LogP contribution in [0.3, 0.4) is 0 Å². The Labute approximate surface area is 158 Å². The van der Waals surface area contributed by atoms with E-state index >= 15 is 0 Å².